The normalized spacial score (nSPS) is 22.2. The van der Waals surface area contributed by atoms with Gasteiger partial charge >= 0.3 is 0 Å². The zero-order valence-electron chi connectivity index (χ0n) is 15.2. The predicted molar refractivity (Wildman–Crippen MR) is 103 cm³/mol. The lowest BCUT2D eigenvalue weighted by atomic mass is 9.72. The number of hydrogen-bond donors (Lipinski definition) is 4. The van der Waals surface area contributed by atoms with Gasteiger partial charge in [0.2, 0.25) is 0 Å². The molecule has 4 N–H and O–H groups in total. The van der Waals surface area contributed by atoms with E-state index in [4.69, 9.17) is 0 Å². The Morgan fingerprint density at radius 2 is 1.96 bits per heavy atom. The smallest absolute Gasteiger partial charge is 0.256 e. The summed E-state index contributed by atoms with van der Waals surface area (Å²) in [6, 6.07) is 4.41. The lowest BCUT2D eigenvalue weighted by Gasteiger charge is -2.34. The second-order valence-corrected chi connectivity index (χ2v) is 9.41. The molecule has 0 saturated carbocycles. The molecule has 0 spiro atoms. The monoisotopic (exact) mass is 372 g/mol. The zero-order chi connectivity index (χ0) is 18.6. The number of fused-ring (bicyclic) bond motifs is 3. The fourth-order valence-corrected chi connectivity index (χ4v) is 5.32. The van der Waals surface area contributed by atoms with Crippen LogP contribution in [-0.4, -0.2) is 16.1 Å². The van der Waals surface area contributed by atoms with E-state index in [1.807, 2.05) is 0 Å². The number of aromatic hydroxyl groups is 2. The van der Waals surface area contributed by atoms with Gasteiger partial charge in [-0.05, 0) is 48.3 Å². The number of nitrogens with one attached hydrogen (secondary N) is 2. The fraction of sp³-hybridized carbons (Fsp3) is 0.450. The van der Waals surface area contributed by atoms with Gasteiger partial charge in [-0.1, -0.05) is 20.8 Å². The molecule has 26 heavy (non-hydrogen) atoms. The van der Waals surface area contributed by atoms with Crippen molar-refractivity contribution >= 4 is 22.2 Å². The van der Waals surface area contributed by atoms with Gasteiger partial charge in [0.1, 0.15) is 22.7 Å². The van der Waals surface area contributed by atoms with Gasteiger partial charge in [0.25, 0.3) is 5.91 Å². The van der Waals surface area contributed by atoms with Crippen molar-refractivity contribution < 1.29 is 15.0 Å². The Labute approximate surface area is 157 Å². The molecule has 5 nitrogen and oxygen atoms in total. The molecule has 2 aromatic rings. The maximum atomic E-state index is 12.8. The summed E-state index contributed by atoms with van der Waals surface area (Å²) in [4.78, 5) is 14.1. The van der Waals surface area contributed by atoms with E-state index in [2.05, 4.69) is 31.4 Å². The van der Waals surface area contributed by atoms with Crippen LogP contribution in [0.4, 0.5) is 5.00 Å². The average Bonchev–Trinajstić information content (AvgIpc) is 2.91. The Balaban J connectivity index is 1.66. The highest BCUT2D eigenvalue weighted by atomic mass is 32.1. The number of thiophene rings is 1. The van der Waals surface area contributed by atoms with Crippen molar-refractivity contribution in [2.75, 3.05) is 5.32 Å². The molecule has 1 aliphatic heterocycles. The van der Waals surface area contributed by atoms with Gasteiger partial charge in [-0.3, -0.25) is 4.79 Å². The van der Waals surface area contributed by atoms with E-state index >= 15 is 0 Å². The standard InChI is InChI=1S/C20H24N2O3S/c1-20(2,3)10-4-6-13-15(8-10)26-19-16(13)18(25)21-17(22-19)12-7-5-11(23)9-14(12)24/h5,7,9-10,17,22-24H,4,6,8H2,1-3H3,(H,21,25)/t10-,17-/m0/s1. The van der Waals surface area contributed by atoms with Crippen molar-refractivity contribution in [1.82, 2.24) is 5.32 Å². The Kier molecular flexibility index (Phi) is 3.91. The van der Waals surface area contributed by atoms with Crippen LogP contribution in [0.25, 0.3) is 0 Å². The van der Waals surface area contributed by atoms with Crippen LogP contribution in [0.5, 0.6) is 11.5 Å². The van der Waals surface area contributed by atoms with Gasteiger partial charge < -0.3 is 20.8 Å². The molecule has 1 aliphatic carbocycles. The number of phenolic OH excluding ortho intramolecular Hbond substituents is 2. The van der Waals surface area contributed by atoms with Crippen molar-refractivity contribution in [2.24, 2.45) is 11.3 Å². The van der Waals surface area contributed by atoms with E-state index in [0.29, 0.717) is 11.5 Å². The van der Waals surface area contributed by atoms with Crippen LogP contribution in [-0.2, 0) is 12.8 Å². The number of rotatable bonds is 1. The van der Waals surface area contributed by atoms with Crippen LogP contribution in [0, 0.1) is 11.3 Å². The number of hydrogen-bond acceptors (Lipinski definition) is 5. The van der Waals surface area contributed by atoms with Gasteiger partial charge in [-0.15, -0.1) is 11.3 Å². The molecular weight excluding hydrogens is 348 g/mol. The largest absolute Gasteiger partial charge is 0.508 e. The Morgan fingerprint density at radius 3 is 2.65 bits per heavy atom. The van der Waals surface area contributed by atoms with E-state index in [1.165, 1.54) is 22.6 Å². The van der Waals surface area contributed by atoms with Gasteiger partial charge in [0.15, 0.2) is 0 Å². The van der Waals surface area contributed by atoms with Crippen molar-refractivity contribution in [3.8, 4) is 11.5 Å². The van der Waals surface area contributed by atoms with Gasteiger partial charge in [-0.25, -0.2) is 0 Å². The lowest BCUT2D eigenvalue weighted by molar-refractivity contribution is 0.0934. The zero-order valence-corrected chi connectivity index (χ0v) is 16.0. The number of amides is 1. The molecule has 0 unspecified atom stereocenters. The highest BCUT2D eigenvalue weighted by Gasteiger charge is 2.36. The topological polar surface area (TPSA) is 81.6 Å². The van der Waals surface area contributed by atoms with Crippen LogP contribution in [0.1, 0.15) is 59.7 Å². The van der Waals surface area contributed by atoms with Crippen LogP contribution in [0.15, 0.2) is 18.2 Å². The molecule has 0 saturated heterocycles. The SMILES string of the molecule is CC(C)(C)[C@H]1CCc2c(sc3c2C(=O)N[C@H](c2ccc(O)cc2O)N3)C1. The molecule has 0 fully saturated rings. The van der Waals surface area contributed by atoms with E-state index in [0.717, 1.165) is 29.8 Å². The third kappa shape index (κ3) is 2.82. The van der Waals surface area contributed by atoms with E-state index in [-0.39, 0.29) is 22.8 Å². The summed E-state index contributed by atoms with van der Waals surface area (Å²) in [5.41, 5.74) is 2.76. The molecule has 138 valence electrons. The Morgan fingerprint density at radius 1 is 1.19 bits per heavy atom. The minimum Gasteiger partial charge on any atom is -0.508 e. The highest BCUT2D eigenvalue weighted by molar-refractivity contribution is 7.16. The van der Waals surface area contributed by atoms with Gasteiger partial charge in [-0.2, -0.15) is 0 Å². The van der Waals surface area contributed by atoms with Gasteiger partial charge in [0.05, 0.1) is 5.56 Å². The van der Waals surface area contributed by atoms with Gasteiger partial charge in [0, 0.05) is 16.5 Å². The van der Waals surface area contributed by atoms with Crippen molar-refractivity contribution in [3.63, 3.8) is 0 Å². The number of phenols is 2. The number of benzene rings is 1. The summed E-state index contributed by atoms with van der Waals surface area (Å²) in [6.45, 7) is 6.85. The predicted octanol–water partition coefficient (Wildman–Crippen LogP) is 4.16. The Hall–Kier alpha value is -2.21. The maximum absolute atomic E-state index is 12.8. The lowest BCUT2D eigenvalue weighted by Crippen LogP contribution is -2.38. The van der Waals surface area contributed by atoms with Crippen LogP contribution in [0.3, 0.4) is 0 Å². The van der Waals surface area contributed by atoms with E-state index in [9.17, 15) is 15.0 Å². The van der Waals surface area contributed by atoms with E-state index in [1.54, 1.807) is 17.4 Å². The molecule has 4 rings (SSSR count). The Bertz CT molecular complexity index is 882. The van der Waals surface area contributed by atoms with Crippen molar-refractivity contribution in [3.05, 3.63) is 39.8 Å². The second kappa shape index (κ2) is 5.91. The first-order valence-corrected chi connectivity index (χ1v) is 9.79. The molecule has 1 amide bonds. The molecule has 1 aromatic heterocycles. The molecule has 6 heteroatoms. The number of carbonyl (C=O) groups excluding carboxylic acids is 1. The van der Waals surface area contributed by atoms with E-state index < -0.39 is 6.17 Å². The molecule has 2 atom stereocenters. The number of anilines is 1. The first-order chi connectivity index (χ1) is 12.2. The fourth-order valence-electron chi connectivity index (χ4n) is 3.97. The minimum atomic E-state index is -0.505. The average molecular weight is 372 g/mol. The summed E-state index contributed by atoms with van der Waals surface area (Å²) >= 11 is 1.67. The van der Waals surface area contributed by atoms with Crippen LogP contribution >= 0.6 is 11.3 Å². The van der Waals surface area contributed by atoms with Crippen molar-refractivity contribution in [2.45, 2.75) is 46.2 Å². The quantitative estimate of drug-likeness (QED) is 0.606. The first kappa shape index (κ1) is 17.2. The summed E-state index contributed by atoms with van der Waals surface area (Å²) < 4.78 is 0. The molecular formula is C20H24N2O3S. The molecule has 0 bridgehead atoms. The minimum absolute atomic E-state index is 0.00566. The summed E-state index contributed by atoms with van der Waals surface area (Å²) in [5, 5.41) is 26.8. The number of carbonyl (C=O) groups is 1. The van der Waals surface area contributed by atoms with Crippen LogP contribution < -0.4 is 10.6 Å². The van der Waals surface area contributed by atoms with Crippen LogP contribution in [0.2, 0.25) is 0 Å². The highest BCUT2D eigenvalue weighted by Crippen LogP contribution is 2.46. The summed E-state index contributed by atoms with van der Waals surface area (Å²) in [6.07, 6.45) is 2.55. The third-order valence-corrected chi connectivity index (χ3v) is 6.78. The summed E-state index contributed by atoms with van der Waals surface area (Å²) in [7, 11) is 0. The molecule has 2 aliphatic rings. The second-order valence-electron chi connectivity index (χ2n) is 8.31. The first-order valence-electron chi connectivity index (χ1n) is 8.98. The molecule has 0 radical (unpaired) electrons. The van der Waals surface area contributed by atoms with Crippen molar-refractivity contribution in [1.29, 1.82) is 0 Å². The third-order valence-electron chi connectivity index (χ3n) is 5.59. The summed E-state index contributed by atoms with van der Waals surface area (Å²) in [5.74, 6) is 0.479. The molecule has 1 aromatic carbocycles. The molecule has 2 heterocycles. The maximum Gasteiger partial charge on any atom is 0.256 e.